The summed E-state index contributed by atoms with van der Waals surface area (Å²) >= 11 is 0. The highest BCUT2D eigenvalue weighted by atomic mass is 19.4. The van der Waals surface area contributed by atoms with Crippen molar-refractivity contribution in [2.45, 2.75) is 75.5 Å². The lowest BCUT2D eigenvalue weighted by Crippen LogP contribution is -2.51. The smallest absolute Gasteiger partial charge is 0.388 e. The van der Waals surface area contributed by atoms with Gasteiger partial charge in [0.1, 0.15) is 12.2 Å². The van der Waals surface area contributed by atoms with Gasteiger partial charge in [0.2, 0.25) is 5.95 Å². The molecule has 0 unspecified atom stereocenters. The number of aromatic nitrogens is 4. The van der Waals surface area contributed by atoms with E-state index in [1.165, 1.54) is 6.33 Å². The number of fused-ring (bicyclic) bond motifs is 1. The first-order valence-electron chi connectivity index (χ1n) is 17.6. The molecule has 0 bridgehead atoms. The zero-order chi connectivity index (χ0) is 37.0. The summed E-state index contributed by atoms with van der Waals surface area (Å²) in [4.78, 5) is 41.6. The Morgan fingerprint density at radius 3 is 2.29 bits per heavy atom. The van der Waals surface area contributed by atoms with Crippen LogP contribution in [0.15, 0.2) is 67.0 Å². The number of anilines is 2. The molecule has 2 aliphatic rings. The maximum Gasteiger partial charge on any atom is 0.471 e. The Morgan fingerprint density at radius 1 is 1.00 bits per heavy atom. The van der Waals surface area contributed by atoms with Gasteiger partial charge >= 0.3 is 18.1 Å². The second-order valence-electron chi connectivity index (χ2n) is 13.2. The van der Waals surface area contributed by atoms with Crippen molar-refractivity contribution in [3.8, 4) is 0 Å². The molecule has 0 radical (unpaired) electrons. The number of benzene rings is 2. The van der Waals surface area contributed by atoms with Crippen molar-refractivity contribution in [1.29, 1.82) is 0 Å². The molecule has 1 aliphatic heterocycles. The lowest BCUT2D eigenvalue weighted by atomic mass is 9.91. The number of carbonyl (C=O) groups excluding carboxylic acids is 2. The van der Waals surface area contributed by atoms with E-state index in [0.717, 1.165) is 11.1 Å². The van der Waals surface area contributed by atoms with Crippen molar-refractivity contribution >= 4 is 34.9 Å². The predicted octanol–water partition coefficient (Wildman–Crippen LogP) is 3.80. The number of hydrogen-bond acceptors (Lipinski definition) is 9. The quantitative estimate of drug-likeness (QED) is 0.147. The van der Waals surface area contributed by atoms with Gasteiger partial charge in [0, 0.05) is 44.7 Å². The van der Waals surface area contributed by atoms with Crippen LogP contribution in [-0.2, 0) is 4.79 Å². The van der Waals surface area contributed by atoms with E-state index < -0.39 is 36.4 Å². The molecule has 6 rings (SSSR count). The Labute approximate surface area is 299 Å². The number of imidazole rings is 1. The lowest BCUT2D eigenvalue weighted by Gasteiger charge is -2.31. The summed E-state index contributed by atoms with van der Waals surface area (Å²) < 4.78 is 42.3. The summed E-state index contributed by atoms with van der Waals surface area (Å²) in [6, 6.07) is 17.3. The Bertz CT molecular complexity index is 1790. The molecule has 3 heterocycles. The SMILES string of the molecule is CCCN(C(=O)C(F)(F)F)[C@H]1C[C@@H](n2cnc3c(NCC(c4ccccc4)c4ccccc4)nc(N4CC[C@@H](NC(=O)NCC)C4)nc32)[C@H](O)[C@@H]1O. The molecule has 5 N–H and O–H groups in total. The molecule has 2 aromatic heterocycles. The second-order valence-corrected chi connectivity index (χ2v) is 13.2. The molecule has 52 heavy (non-hydrogen) atoms. The van der Waals surface area contributed by atoms with Crippen LogP contribution in [0.4, 0.5) is 29.7 Å². The third-order valence-electron chi connectivity index (χ3n) is 9.78. The molecule has 16 heteroatoms. The van der Waals surface area contributed by atoms with Crippen LogP contribution in [0.5, 0.6) is 0 Å². The van der Waals surface area contributed by atoms with Crippen LogP contribution < -0.4 is 20.9 Å². The monoisotopic (exact) mass is 723 g/mol. The molecular weight excluding hydrogens is 679 g/mol. The van der Waals surface area contributed by atoms with E-state index >= 15 is 0 Å². The standard InChI is InChI=1S/C36H44F3N9O4/c1-3-16-47(33(51)36(37,38)39)26-18-27(30(50)29(26)49)48-21-42-28-31(41-19-25(22-11-7-5-8-12-22)23-13-9-6-10-14-23)44-34(45-32(28)48)46-17-15-24(20-46)43-35(52)40-4-2/h5-14,21,24-27,29-30,49-50H,3-4,15-20H2,1-2H3,(H2,40,43,52)(H,41,44,45)/t24-,26+,27-,29-,30+/m1/s1. The number of amides is 3. The fourth-order valence-electron chi connectivity index (χ4n) is 7.26. The largest absolute Gasteiger partial charge is 0.471 e. The Balaban J connectivity index is 1.36. The van der Waals surface area contributed by atoms with Gasteiger partial charge in [-0.15, -0.1) is 0 Å². The Morgan fingerprint density at radius 2 is 1.67 bits per heavy atom. The third-order valence-corrected chi connectivity index (χ3v) is 9.78. The molecular formula is C36H44F3N9O4. The summed E-state index contributed by atoms with van der Waals surface area (Å²) in [5, 5.41) is 31.5. The van der Waals surface area contributed by atoms with Gasteiger partial charge in [0.25, 0.3) is 0 Å². The Kier molecular flexibility index (Phi) is 11.1. The average Bonchev–Trinajstić information content (AvgIpc) is 3.85. The van der Waals surface area contributed by atoms with Crippen LogP contribution in [0.25, 0.3) is 11.2 Å². The molecule has 1 aliphatic carbocycles. The van der Waals surface area contributed by atoms with Gasteiger partial charge in [-0.25, -0.2) is 9.78 Å². The molecule has 2 fully saturated rings. The number of aliphatic hydroxyl groups excluding tert-OH is 2. The van der Waals surface area contributed by atoms with Crippen LogP contribution in [0.3, 0.4) is 0 Å². The van der Waals surface area contributed by atoms with E-state index in [2.05, 4.69) is 45.2 Å². The normalized spacial score (nSPS) is 21.8. The van der Waals surface area contributed by atoms with Crippen molar-refractivity contribution < 1.29 is 33.0 Å². The van der Waals surface area contributed by atoms with Crippen molar-refractivity contribution in [3.63, 3.8) is 0 Å². The van der Waals surface area contributed by atoms with Crippen molar-refractivity contribution in [3.05, 3.63) is 78.1 Å². The molecule has 0 spiro atoms. The number of aliphatic hydroxyl groups is 2. The topological polar surface area (TPSA) is 161 Å². The van der Waals surface area contributed by atoms with Gasteiger partial charge in [0.05, 0.1) is 18.4 Å². The van der Waals surface area contributed by atoms with E-state index in [0.29, 0.717) is 60.4 Å². The summed E-state index contributed by atoms with van der Waals surface area (Å²) in [5.74, 6) is -1.40. The van der Waals surface area contributed by atoms with Crippen LogP contribution in [0, 0.1) is 0 Å². The molecule has 1 saturated heterocycles. The van der Waals surface area contributed by atoms with Crippen molar-refractivity contribution in [2.75, 3.05) is 42.9 Å². The van der Waals surface area contributed by atoms with Crippen LogP contribution in [0.1, 0.15) is 56.2 Å². The van der Waals surface area contributed by atoms with Gasteiger partial charge < -0.3 is 40.5 Å². The number of nitrogens with one attached hydrogen (secondary N) is 3. The highest BCUT2D eigenvalue weighted by Gasteiger charge is 2.51. The molecule has 1 saturated carbocycles. The highest BCUT2D eigenvalue weighted by molar-refractivity contribution is 5.85. The zero-order valence-corrected chi connectivity index (χ0v) is 29.0. The number of carbonyl (C=O) groups is 2. The summed E-state index contributed by atoms with van der Waals surface area (Å²) in [6.07, 6.45) is -6.16. The fraction of sp³-hybridized carbons (Fsp3) is 0.472. The molecule has 5 atom stereocenters. The van der Waals surface area contributed by atoms with Crippen LogP contribution in [0.2, 0.25) is 0 Å². The molecule has 3 amide bonds. The minimum absolute atomic E-state index is 0.0707. The van der Waals surface area contributed by atoms with Gasteiger partial charge in [-0.2, -0.15) is 23.1 Å². The number of hydrogen-bond donors (Lipinski definition) is 5. The number of urea groups is 1. The summed E-state index contributed by atoms with van der Waals surface area (Å²) in [6.45, 7) is 5.09. The first kappa shape index (κ1) is 36.8. The number of nitrogens with zero attached hydrogens (tertiary/aromatic N) is 6. The third kappa shape index (κ3) is 7.77. The summed E-state index contributed by atoms with van der Waals surface area (Å²) in [7, 11) is 0. The van der Waals surface area contributed by atoms with Crippen LogP contribution in [-0.4, -0.2) is 110 Å². The Hall–Kier alpha value is -4.96. The summed E-state index contributed by atoms with van der Waals surface area (Å²) in [5.41, 5.74) is 2.82. The second kappa shape index (κ2) is 15.7. The molecule has 2 aromatic carbocycles. The van der Waals surface area contributed by atoms with E-state index in [9.17, 15) is 33.0 Å². The average molecular weight is 724 g/mol. The predicted molar refractivity (Wildman–Crippen MR) is 189 cm³/mol. The number of alkyl halides is 3. The van der Waals surface area contributed by atoms with Crippen molar-refractivity contribution in [1.82, 2.24) is 35.1 Å². The minimum Gasteiger partial charge on any atom is -0.388 e. The first-order valence-corrected chi connectivity index (χ1v) is 17.6. The van der Waals surface area contributed by atoms with Crippen LogP contribution >= 0.6 is 0 Å². The molecule has 4 aromatic rings. The van der Waals surface area contributed by atoms with Crippen molar-refractivity contribution in [2.24, 2.45) is 0 Å². The first-order chi connectivity index (χ1) is 25.0. The van der Waals surface area contributed by atoms with Gasteiger partial charge in [-0.3, -0.25) is 4.79 Å². The lowest BCUT2D eigenvalue weighted by molar-refractivity contribution is -0.190. The highest BCUT2D eigenvalue weighted by Crippen LogP contribution is 2.38. The fourth-order valence-corrected chi connectivity index (χ4v) is 7.26. The van der Waals surface area contributed by atoms with Gasteiger partial charge in [-0.1, -0.05) is 67.6 Å². The van der Waals surface area contributed by atoms with E-state index in [1.54, 1.807) is 11.5 Å². The molecule has 278 valence electrons. The number of rotatable bonds is 12. The van der Waals surface area contributed by atoms with Gasteiger partial charge in [0.15, 0.2) is 17.0 Å². The van der Waals surface area contributed by atoms with E-state index in [4.69, 9.17) is 9.97 Å². The molecule has 13 nitrogen and oxygen atoms in total. The zero-order valence-electron chi connectivity index (χ0n) is 29.0. The van der Waals surface area contributed by atoms with E-state index in [1.807, 2.05) is 48.2 Å². The maximum atomic E-state index is 13.6. The number of halogens is 3. The maximum absolute atomic E-state index is 13.6. The van der Waals surface area contributed by atoms with Gasteiger partial charge in [-0.05, 0) is 37.3 Å². The van der Waals surface area contributed by atoms with E-state index in [-0.39, 0.29) is 37.4 Å². The minimum atomic E-state index is -5.14.